The van der Waals surface area contributed by atoms with E-state index in [4.69, 9.17) is 0 Å². The van der Waals surface area contributed by atoms with Crippen LogP contribution in [-0.4, -0.2) is 47.8 Å². The molecule has 1 saturated heterocycles. The van der Waals surface area contributed by atoms with Crippen molar-refractivity contribution in [3.05, 3.63) is 81.9 Å². The van der Waals surface area contributed by atoms with Gasteiger partial charge in [0.05, 0.1) is 0 Å². The first-order chi connectivity index (χ1) is 15.2. The van der Waals surface area contributed by atoms with E-state index in [1.165, 1.54) is 22.3 Å². The monoisotopic (exact) mass is 412 g/mol. The molecule has 0 spiro atoms. The molecule has 158 valence electrons. The SMILES string of the molecule is O=C(c1ccc2c(c1)CCC=C2)N1CCCN(C(=O)c2ccc3c(c2)CCC=C3)CC1. The Balaban J connectivity index is 1.27. The number of fused-ring (bicyclic) bond motifs is 2. The Morgan fingerprint density at radius 3 is 1.61 bits per heavy atom. The number of amides is 2. The normalized spacial score (nSPS) is 17.7. The second kappa shape index (κ2) is 8.54. The van der Waals surface area contributed by atoms with Gasteiger partial charge < -0.3 is 9.80 Å². The highest BCUT2D eigenvalue weighted by Gasteiger charge is 2.24. The van der Waals surface area contributed by atoms with Crippen LogP contribution < -0.4 is 0 Å². The topological polar surface area (TPSA) is 40.6 Å². The molecule has 1 heterocycles. The summed E-state index contributed by atoms with van der Waals surface area (Å²) in [7, 11) is 0. The summed E-state index contributed by atoms with van der Waals surface area (Å²) in [6.07, 6.45) is 13.5. The lowest BCUT2D eigenvalue weighted by Gasteiger charge is -2.23. The van der Waals surface area contributed by atoms with Crippen molar-refractivity contribution in [2.45, 2.75) is 32.1 Å². The highest BCUT2D eigenvalue weighted by atomic mass is 16.2. The Morgan fingerprint density at radius 2 is 1.13 bits per heavy atom. The minimum atomic E-state index is 0.0761. The van der Waals surface area contributed by atoms with Gasteiger partial charge in [0.1, 0.15) is 0 Å². The molecule has 0 N–H and O–H groups in total. The average Bonchev–Trinajstić information content (AvgIpc) is 3.09. The second-order valence-electron chi connectivity index (χ2n) is 8.65. The third-order valence-corrected chi connectivity index (χ3v) is 6.61. The molecule has 2 amide bonds. The van der Waals surface area contributed by atoms with Gasteiger partial charge in [0.15, 0.2) is 0 Å². The van der Waals surface area contributed by atoms with Gasteiger partial charge in [-0.05, 0) is 78.6 Å². The molecule has 0 unspecified atom stereocenters. The summed E-state index contributed by atoms with van der Waals surface area (Å²) in [6.45, 7) is 2.54. The quantitative estimate of drug-likeness (QED) is 0.724. The van der Waals surface area contributed by atoms with Crippen molar-refractivity contribution < 1.29 is 9.59 Å². The number of carbonyl (C=O) groups excluding carboxylic acids is 2. The van der Waals surface area contributed by atoms with E-state index in [9.17, 15) is 9.59 Å². The first-order valence-corrected chi connectivity index (χ1v) is 11.4. The lowest BCUT2D eigenvalue weighted by Crippen LogP contribution is -2.37. The van der Waals surface area contributed by atoms with Gasteiger partial charge in [0.25, 0.3) is 11.8 Å². The molecule has 2 aromatic rings. The summed E-state index contributed by atoms with van der Waals surface area (Å²) >= 11 is 0. The summed E-state index contributed by atoms with van der Waals surface area (Å²) in [6, 6.07) is 12.1. The molecule has 2 aliphatic carbocycles. The Hall–Kier alpha value is -3.14. The Labute approximate surface area is 183 Å². The number of rotatable bonds is 2. The van der Waals surface area contributed by atoms with Crippen molar-refractivity contribution >= 4 is 24.0 Å². The fraction of sp³-hybridized carbons (Fsp3) is 0.333. The highest BCUT2D eigenvalue weighted by molar-refractivity contribution is 5.96. The van der Waals surface area contributed by atoms with Gasteiger partial charge in [0.2, 0.25) is 0 Å². The van der Waals surface area contributed by atoms with E-state index < -0.39 is 0 Å². The summed E-state index contributed by atoms with van der Waals surface area (Å²) in [5.41, 5.74) is 6.46. The van der Waals surface area contributed by atoms with Crippen LogP contribution in [0.4, 0.5) is 0 Å². The maximum absolute atomic E-state index is 13.1. The van der Waals surface area contributed by atoms with E-state index in [2.05, 4.69) is 48.6 Å². The van der Waals surface area contributed by atoms with Gasteiger partial charge in [0, 0.05) is 37.3 Å². The van der Waals surface area contributed by atoms with Crippen molar-refractivity contribution in [1.29, 1.82) is 0 Å². The van der Waals surface area contributed by atoms with E-state index in [0.717, 1.165) is 43.2 Å². The van der Waals surface area contributed by atoms with Gasteiger partial charge in [-0.3, -0.25) is 9.59 Å². The molecule has 0 saturated carbocycles. The van der Waals surface area contributed by atoms with Crippen molar-refractivity contribution in [3.8, 4) is 0 Å². The minimum Gasteiger partial charge on any atom is -0.337 e. The highest BCUT2D eigenvalue weighted by Crippen LogP contribution is 2.23. The van der Waals surface area contributed by atoms with Crippen LogP contribution in [0.3, 0.4) is 0 Å². The lowest BCUT2D eigenvalue weighted by molar-refractivity contribution is 0.0718. The van der Waals surface area contributed by atoms with Crippen LogP contribution in [0.5, 0.6) is 0 Å². The van der Waals surface area contributed by atoms with Crippen molar-refractivity contribution in [2.75, 3.05) is 26.2 Å². The number of benzene rings is 2. The molecule has 2 aromatic carbocycles. The van der Waals surface area contributed by atoms with Crippen LogP contribution in [0, 0.1) is 0 Å². The number of hydrogen-bond acceptors (Lipinski definition) is 2. The van der Waals surface area contributed by atoms with E-state index in [0.29, 0.717) is 26.2 Å². The molecule has 5 rings (SSSR count). The number of nitrogens with zero attached hydrogens (tertiary/aromatic N) is 2. The first-order valence-electron chi connectivity index (χ1n) is 11.4. The predicted molar refractivity (Wildman–Crippen MR) is 124 cm³/mol. The lowest BCUT2D eigenvalue weighted by atomic mass is 9.95. The first kappa shape index (κ1) is 19.8. The molecule has 4 nitrogen and oxygen atoms in total. The van der Waals surface area contributed by atoms with Gasteiger partial charge in [-0.15, -0.1) is 0 Å². The standard InChI is InChI=1S/C27H28N2O2/c30-26(24-12-10-20-6-1-3-8-22(20)18-24)28-14-5-15-29(17-16-28)27(31)25-13-11-21-7-2-4-9-23(21)19-25/h1-2,6-7,10-13,18-19H,3-5,8-9,14-17H2. The van der Waals surface area contributed by atoms with E-state index >= 15 is 0 Å². The summed E-state index contributed by atoms with van der Waals surface area (Å²) in [5.74, 6) is 0.152. The number of allylic oxidation sites excluding steroid dienone is 2. The smallest absolute Gasteiger partial charge is 0.253 e. The van der Waals surface area contributed by atoms with Crippen LogP contribution in [0.1, 0.15) is 62.2 Å². The fourth-order valence-corrected chi connectivity index (χ4v) is 4.82. The molecule has 1 aliphatic heterocycles. The second-order valence-corrected chi connectivity index (χ2v) is 8.65. The van der Waals surface area contributed by atoms with Crippen LogP contribution in [-0.2, 0) is 12.8 Å². The minimum absolute atomic E-state index is 0.0761. The van der Waals surface area contributed by atoms with Crippen LogP contribution in [0.25, 0.3) is 12.2 Å². The van der Waals surface area contributed by atoms with Crippen molar-refractivity contribution in [2.24, 2.45) is 0 Å². The summed E-state index contributed by atoms with van der Waals surface area (Å²) < 4.78 is 0. The molecule has 0 aromatic heterocycles. The molecule has 4 heteroatoms. The molecule has 0 bridgehead atoms. The molecule has 1 fully saturated rings. The average molecular weight is 413 g/mol. The van der Waals surface area contributed by atoms with Crippen molar-refractivity contribution in [3.63, 3.8) is 0 Å². The zero-order chi connectivity index (χ0) is 21.2. The van der Waals surface area contributed by atoms with E-state index in [1.54, 1.807) is 0 Å². The zero-order valence-corrected chi connectivity index (χ0v) is 17.8. The summed E-state index contributed by atoms with van der Waals surface area (Å²) in [5, 5.41) is 0. The Bertz CT molecular complexity index is 997. The van der Waals surface area contributed by atoms with Crippen LogP contribution in [0.2, 0.25) is 0 Å². The molecule has 0 atom stereocenters. The summed E-state index contributed by atoms with van der Waals surface area (Å²) in [4.78, 5) is 30.1. The number of hydrogen-bond donors (Lipinski definition) is 0. The van der Waals surface area contributed by atoms with Gasteiger partial charge >= 0.3 is 0 Å². The fourth-order valence-electron chi connectivity index (χ4n) is 4.82. The van der Waals surface area contributed by atoms with E-state index in [-0.39, 0.29) is 11.8 Å². The van der Waals surface area contributed by atoms with Gasteiger partial charge in [-0.25, -0.2) is 0 Å². The maximum Gasteiger partial charge on any atom is 0.253 e. The molecule has 0 radical (unpaired) electrons. The van der Waals surface area contributed by atoms with E-state index in [1.807, 2.05) is 21.9 Å². The number of aryl methyl sites for hydroxylation is 2. The Kier molecular flexibility index (Phi) is 5.46. The molecular formula is C27H28N2O2. The third kappa shape index (κ3) is 4.07. The molecule has 31 heavy (non-hydrogen) atoms. The van der Waals surface area contributed by atoms with Crippen molar-refractivity contribution in [1.82, 2.24) is 9.80 Å². The van der Waals surface area contributed by atoms with Gasteiger partial charge in [-0.2, -0.15) is 0 Å². The van der Waals surface area contributed by atoms with Crippen LogP contribution in [0.15, 0.2) is 48.6 Å². The molecule has 3 aliphatic rings. The van der Waals surface area contributed by atoms with Crippen LogP contribution >= 0.6 is 0 Å². The Morgan fingerprint density at radius 1 is 0.645 bits per heavy atom. The molecular weight excluding hydrogens is 384 g/mol. The number of carbonyl (C=O) groups is 2. The van der Waals surface area contributed by atoms with Gasteiger partial charge in [-0.1, -0.05) is 36.4 Å². The maximum atomic E-state index is 13.1. The predicted octanol–water partition coefficient (Wildman–Crippen LogP) is 4.59. The zero-order valence-electron chi connectivity index (χ0n) is 17.8. The largest absolute Gasteiger partial charge is 0.337 e. The third-order valence-electron chi connectivity index (χ3n) is 6.61.